The van der Waals surface area contributed by atoms with Crippen molar-refractivity contribution in [2.45, 2.75) is 20.3 Å². The molecule has 0 amide bonds. The number of hydrogen-bond donors (Lipinski definition) is 1. The zero-order chi connectivity index (χ0) is 11.7. The van der Waals surface area contributed by atoms with Crippen molar-refractivity contribution in [3.05, 3.63) is 33.9 Å². The highest BCUT2D eigenvalue weighted by molar-refractivity contribution is 9.10. The van der Waals surface area contributed by atoms with Gasteiger partial charge in [-0.1, -0.05) is 34.1 Å². The fraction of sp³-hybridized carbons (Fsp3) is 0.273. The van der Waals surface area contributed by atoms with Crippen LogP contribution < -0.4 is 5.73 Å². The van der Waals surface area contributed by atoms with Gasteiger partial charge in [-0.25, -0.2) is 4.68 Å². The predicted octanol–water partition coefficient (Wildman–Crippen LogP) is 2.48. The number of aromatic nitrogens is 3. The van der Waals surface area contributed by atoms with Crippen LogP contribution in [0.15, 0.2) is 22.7 Å². The molecule has 4 nitrogen and oxygen atoms in total. The molecule has 1 aromatic heterocycles. The summed E-state index contributed by atoms with van der Waals surface area (Å²) in [4.78, 5) is 0. The summed E-state index contributed by atoms with van der Waals surface area (Å²) < 4.78 is 2.83. The number of hydrogen-bond acceptors (Lipinski definition) is 3. The van der Waals surface area contributed by atoms with Gasteiger partial charge in [-0.05, 0) is 31.0 Å². The fourth-order valence-corrected chi connectivity index (χ4v) is 1.93. The summed E-state index contributed by atoms with van der Waals surface area (Å²) in [7, 11) is 0. The summed E-state index contributed by atoms with van der Waals surface area (Å²) in [6.45, 7) is 4.08. The molecule has 0 aliphatic heterocycles. The molecule has 0 fully saturated rings. The topological polar surface area (TPSA) is 56.7 Å². The Morgan fingerprint density at radius 1 is 1.44 bits per heavy atom. The zero-order valence-electron chi connectivity index (χ0n) is 9.24. The maximum absolute atomic E-state index is 5.75. The van der Waals surface area contributed by atoms with E-state index in [9.17, 15) is 0 Å². The van der Waals surface area contributed by atoms with E-state index < -0.39 is 0 Å². The van der Waals surface area contributed by atoms with Gasteiger partial charge in [0.1, 0.15) is 0 Å². The number of benzene rings is 1. The number of rotatable bonds is 2. The van der Waals surface area contributed by atoms with Gasteiger partial charge >= 0.3 is 0 Å². The standard InChI is InChI=1S/C11H13BrN4/c1-3-10-11(13)14-15-16(10)8-5-4-7(2)9(12)6-8/h4-6H,3,13H2,1-2H3. The minimum absolute atomic E-state index is 0.499. The number of nitrogens with zero attached hydrogens (tertiary/aromatic N) is 3. The smallest absolute Gasteiger partial charge is 0.169 e. The lowest BCUT2D eigenvalue weighted by Gasteiger charge is -2.06. The molecule has 0 saturated carbocycles. The summed E-state index contributed by atoms with van der Waals surface area (Å²) in [5, 5.41) is 7.94. The highest BCUT2D eigenvalue weighted by Gasteiger charge is 2.10. The second kappa shape index (κ2) is 4.25. The Morgan fingerprint density at radius 3 is 2.81 bits per heavy atom. The highest BCUT2D eigenvalue weighted by Crippen LogP contribution is 2.21. The maximum atomic E-state index is 5.75. The van der Waals surface area contributed by atoms with Crippen LogP contribution in [-0.4, -0.2) is 15.0 Å². The maximum Gasteiger partial charge on any atom is 0.169 e. The van der Waals surface area contributed by atoms with Crippen LogP contribution in [0.3, 0.4) is 0 Å². The molecule has 0 spiro atoms. The molecule has 2 aromatic rings. The van der Waals surface area contributed by atoms with Crippen molar-refractivity contribution in [1.29, 1.82) is 0 Å². The molecule has 2 N–H and O–H groups in total. The Kier molecular flexibility index (Phi) is 2.96. The normalized spacial score (nSPS) is 10.7. The zero-order valence-corrected chi connectivity index (χ0v) is 10.8. The minimum atomic E-state index is 0.499. The summed E-state index contributed by atoms with van der Waals surface area (Å²) in [5.74, 6) is 0.499. The number of nitrogens with two attached hydrogens (primary N) is 1. The van der Waals surface area contributed by atoms with Crippen molar-refractivity contribution >= 4 is 21.7 Å². The average molecular weight is 281 g/mol. The van der Waals surface area contributed by atoms with Gasteiger partial charge in [0.05, 0.1) is 11.4 Å². The van der Waals surface area contributed by atoms with Crippen LogP contribution in [0, 0.1) is 6.92 Å². The molecule has 0 atom stereocenters. The number of nitrogen functional groups attached to an aromatic ring is 1. The summed E-state index contributed by atoms with van der Waals surface area (Å²) in [5.41, 5.74) is 8.85. The largest absolute Gasteiger partial charge is 0.381 e. The third-order valence-corrected chi connectivity index (χ3v) is 3.38. The first-order valence-corrected chi connectivity index (χ1v) is 5.89. The molecule has 0 bridgehead atoms. The van der Waals surface area contributed by atoms with Crippen molar-refractivity contribution in [2.24, 2.45) is 0 Å². The Hall–Kier alpha value is -1.36. The van der Waals surface area contributed by atoms with Gasteiger partial charge < -0.3 is 5.73 Å². The van der Waals surface area contributed by atoms with Gasteiger partial charge in [-0.15, -0.1) is 5.10 Å². The molecule has 2 rings (SSSR count). The Bertz CT molecular complexity index is 519. The monoisotopic (exact) mass is 280 g/mol. The third kappa shape index (κ3) is 1.82. The van der Waals surface area contributed by atoms with E-state index in [1.807, 2.05) is 32.0 Å². The SMILES string of the molecule is CCc1c(N)nnn1-c1ccc(C)c(Br)c1. The van der Waals surface area contributed by atoms with Crippen molar-refractivity contribution in [1.82, 2.24) is 15.0 Å². The number of aryl methyl sites for hydroxylation is 1. The molecule has 1 aromatic carbocycles. The lowest BCUT2D eigenvalue weighted by molar-refractivity contribution is 0.766. The summed E-state index contributed by atoms with van der Waals surface area (Å²) in [6.07, 6.45) is 0.810. The van der Waals surface area contributed by atoms with E-state index in [4.69, 9.17) is 5.73 Å². The molecule has 84 valence electrons. The second-order valence-electron chi connectivity index (χ2n) is 3.62. The van der Waals surface area contributed by atoms with E-state index in [1.165, 1.54) is 5.56 Å². The van der Waals surface area contributed by atoms with E-state index in [1.54, 1.807) is 4.68 Å². The van der Waals surface area contributed by atoms with Gasteiger partial charge in [0.2, 0.25) is 0 Å². The summed E-state index contributed by atoms with van der Waals surface area (Å²) >= 11 is 3.50. The van der Waals surface area contributed by atoms with E-state index in [0.29, 0.717) is 5.82 Å². The van der Waals surface area contributed by atoms with Crippen LogP contribution in [0.5, 0.6) is 0 Å². The van der Waals surface area contributed by atoms with Crippen LogP contribution in [0.2, 0.25) is 0 Å². The minimum Gasteiger partial charge on any atom is -0.381 e. The quantitative estimate of drug-likeness (QED) is 0.920. The highest BCUT2D eigenvalue weighted by atomic mass is 79.9. The van der Waals surface area contributed by atoms with Crippen LogP contribution in [0.1, 0.15) is 18.2 Å². The van der Waals surface area contributed by atoms with Gasteiger partial charge in [-0.2, -0.15) is 0 Å². The molecule has 0 aliphatic carbocycles. The van der Waals surface area contributed by atoms with Crippen molar-refractivity contribution in [2.75, 3.05) is 5.73 Å². The van der Waals surface area contributed by atoms with Crippen molar-refractivity contribution in [3.63, 3.8) is 0 Å². The molecule has 0 unspecified atom stereocenters. The number of anilines is 1. The molecule has 0 saturated heterocycles. The molecular weight excluding hydrogens is 268 g/mol. The fourth-order valence-electron chi connectivity index (χ4n) is 1.56. The van der Waals surface area contributed by atoms with E-state index >= 15 is 0 Å². The molecule has 0 radical (unpaired) electrons. The first-order chi connectivity index (χ1) is 7.63. The average Bonchev–Trinajstić information content (AvgIpc) is 2.63. The Balaban J connectivity index is 2.54. The van der Waals surface area contributed by atoms with E-state index in [-0.39, 0.29) is 0 Å². The van der Waals surface area contributed by atoms with Crippen molar-refractivity contribution < 1.29 is 0 Å². The number of halogens is 1. The molecular formula is C11H13BrN4. The first-order valence-electron chi connectivity index (χ1n) is 5.10. The second-order valence-corrected chi connectivity index (χ2v) is 4.47. The van der Waals surface area contributed by atoms with Gasteiger partial charge in [0.15, 0.2) is 5.82 Å². The van der Waals surface area contributed by atoms with Gasteiger partial charge in [-0.3, -0.25) is 0 Å². The molecule has 5 heteroatoms. The Morgan fingerprint density at radius 2 is 2.19 bits per heavy atom. The predicted molar refractivity (Wildman–Crippen MR) is 67.6 cm³/mol. The van der Waals surface area contributed by atoms with Gasteiger partial charge in [0, 0.05) is 4.47 Å². The van der Waals surface area contributed by atoms with Crippen LogP contribution >= 0.6 is 15.9 Å². The Labute approximate surface area is 103 Å². The first kappa shape index (κ1) is 11.1. The molecule has 16 heavy (non-hydrogen) atoms. The van der Waals surface area contributed by atoms with Crippen LogP contribution in [-0.2, 0) is 6.42 Å². The molecule has 1 heterocycles. The van der Waals surface area contributed by atoms with Crippen LogP contribution in [0.25, 0.3) is 5.69 Å². The van der Waals surface area contributed by atoms with E-state index in [2.05, 4.69) is 26.2 Å². The van der Waals surface area contributed by atoms with Crippen LogP contribution in [0.4, 0.5) is 5.82 Å². The summed E-state index contributed by atoms with van der Waals surface area (Å²) in [6, 6.07) is 6.06. The van der Waals surface area contributed by atoms with E-state index in [0.717, 1.165) is 22.3 Å². The lowest BCUT2D eigenvalue weighted by atomic mass is 10.2. The lowest BCUT2D eigenvalue weighted by Crippen LogP contribution is -2.02. The van der Waals surface area contributed by atoms with Gasteiger partial charge in [0.25, 0.3) is 0 Å². The third-order valence-electron chi connectivity index (χ3n) is 2.53. The molecule has 0 aliphatic rings. The van der Waals surface area contributed by atoms with Crippen molar-refractivity contribution in [3.8, 4) is 5.69 Å².